The summed E-state index contributed by atoms with van der Waals surface area (Å²) in [6, 6.07) is 8.42. The fourth-order valence-electron chi connectivity index (χ4n) is 3.80. The van der Waals surface area contributed by atoms with Crippen LogP contribution in [0.4, 0.5) is 15.8 Å². The van der Waals surface area contributed by atoms with Gasteiger partial charge in [-0.1, -0.05) is 30.1 Å². The van der Waals surface area contributed by atoms with Crippen LogP contribution >= 0.6 is 23.2 Å². The van der Waals surface area contributed by atoms with Gasteiger partial charge in [-0.3, -0.25) is 4.79 Å². The van der Waals surface area contributed by atoms with Crippen LogP contribution in [0, 0.1) is 11.2 Å². The van der Waals surface area contributed by atoms with E-state index >= 15 is 0 Å². The Morgan fingerprint density at radius 2 is 1.96 bits per heavy atom. The largest absolute Gasteiger partial charge is 0.367 e. The van der Waals surface area contributed by atoms with Crippen molar-refractivity contribution in [3.63, 3.8) is 0 Å². The molecule has 2 aromatic carbocycles. The van der Waals surface area contributed by atoms with E-state index in [4.69, 9.17) is 23.2 Å². The van der Waals surface area contributed by atoms with Crippen molar-refractivity contribution in [1.82, 2.24) is 0 Å². The molecule has 6 heteroatoms. The van der Waals surface area contributed by atoms with Gasteiger partial charge in [0.25, 0.3) is 0 Å². The number of rotatable bonds is 4. The number of halogens is 3. The van der Waals surface area contributed by atoms with Gasteiger partial charge in [0.15, 0.2) is 0 Å². The minimum atomic E-state index is -0.245. The molecule has 1 aliphatic carbocycles. The Bertz CT molecular complexity index is 910. The Balaban J connectivity index is 1.58. The zero-order chi connectivity index (χ0) is 19.9. The van der Waals surface area contributed by atoms with Crippen LogP contribution in [0.2, 0.25) is 10.0 Å². The molecule has 1 aliphatic heterocycles. The summed E-state index contributed by atoms with van der Waals surface area (Å²) in [6.45, 7) is 3.61. The first-order valence-electron chi connectivity index (χ1n) is 9.65. The predicted molar refractivity (Wildman–Crippen MR) is 113 cm³/mol. The summed E-state index contributed by atoms with van der Waals surface area (Å²) in [5.74, 6) is -0.282. The highest BCUT2D eigenvalue weighted by atomic mass is 35.5. The predicted octanol–water partition coefficient (Wildman–Crippen LogP) is 6.21. The second kappa shape index (κ2) is 7.57. The van der Waals surface area contributed by atoms with Crippen molar-refractivity contribution in [1.29, 1.82) is 0 Å². The van der Waals surface area contributed by atoms with Gasteiger partial charge in [-0.2, -0.15) is 0 Å². The van der Waals surface area contributed by atoms with Crippen molar-refractivity contribution in [3.05, 3.63) is 57.3 Å². The molecule has 0 unspecified atom stereocenters. The molecule has 1 N–H and O–H groups in total. The van der Waals surface area contributed by atoms with Crippen LogP contribution in [0.5, 0.6) is 0 Å². The van der Waals surface area contributed by atoms with Gasteiger partial charge in [0.1, 0.15) is 5.82 Å². The third-order valence-electron chi connectivity index (χ3n) is 5.77. The lowest BCUT2D eigenvalue weighted by Gasteiger charge is -2.24. The van der Waals surface area contributed by atoms with Crippen LogP contribution in [0.15, 0.2) is 30.3 Å². The number of anilines is 2. The van der Waals surface area contributed by atoms with E-state index in [1.807, 2.05) is 6.07 Å². The smallest absolute Gasteiger partial charge is 0.224 e. The van der Waals surface area contributed by atoms with Crippen LogP contribution < -0.4 is 10.2 Å². The van der Waals surface area contributed by atoms with Crippen molar-refractivity contribution < 1.29 is 9.18 Å². The number of benzene rings is 2. The Morgan fingerprint density at radius 1 is 1.25 bits per heavy atom. The first-order valence-corrected chi connectivity index (χ1v) is 10.4. The summed E-state index contributed by atoms with van der Waals surface area (Å²) in [7, 11) is 0. The Labute approximate surface area is 174 Å². The number of nitrogens with zero attached hydrogens (tertiary/aromatic N) is 1. The molecule has 0 aromatic heterocycles. The highest BCUT2D eigenvalue weighted by molar-refractivity contribution is 6.40. The van der Waals surface area contributed by atoms with Gasteiger partial charge in [0.05, 0.1) is 15.7 Å². The normalized spacial score (nSPS) is 17.6. The number of hydrogen-bond acceptors (Lipinski definition) is 2. The lowest BCUT2D eigenvalue weighted by molar-refractivity contribution is -0.117. The summed E-state index contributed by atoms with van der Waals surface area (Å²) < 4.78 is 13.2. The number of carbonyl (C=O) groups excluding carboxylic acids is 1. The summed E-state index contributed by atoms with van der Waals surface area (Å²) in [5, 5.41) is 3.93. The molecule has 2 aromatic rings. The average Bonchev–Trinajstić information content (AvgIpc) is 3.40. The van der Waals surface area contributed by atoms with Gasteiger partial charge in [0.2, 0.25) is 5.91 Å². The van der Waals surface area contributed by atoms with Crippen LogP contribution in [0.1, 0.15) is 43.7 Å². The van der Waals surface area contributed by atoms with Gasteiger partial charge < -0.3 is 10.2 Å². The summed E-state index contributed by atoms with van der Waals surface area (Å²) in [4.78, 5) is 14.6. The van der Waals surface area contributed by atoms with E-state index in [-0.39, 0.29) is 17.1 Å². The molecule has 3 nitrogen and oxygen atoms in total. The minimum absolute atomic E-state index is 0.0367. The molecule has 28 heavy (non-hydrogen) atoms. The zero-order valence-electron chi connectivity index (χ0n) is 15.8. The van der Waals surface area contributed by atoms with E-state index in [1.54, 1.807) is 12.1 Å². The van der Waals surface area contributed by atoms with Gasteiger partial charge in [0, 0.05) is 25.2 Å². The summed E-state index contributed by atoms with van der Waals surface area (Å²) in [6.07, 6.45) is 4.40. The molecule has 148 valence electrons. The Morgan fingerprint density at radius 3 is 2.64 bits per heavy atom. The highest BCUT2D eigenvalue weighted by Gasteiger charge is 2.39. The zero-order valence-corrected chi connectivity index (χ0v) is 17.3. The molecule has 0 bridgehead atoms. The van der Waals surface area contributed by atoms with Crippen molar-refractivity contribution in [2.24, 2.45) is 5.41 Å². The van der Waals surface area contributed by atoms with E-state index in [0.717, 1.165) is 49.0 Å². The molecule has 4 rings (SSSR count). The first kappa shape index (κ1) is 19.5. The average molecular weight is 421 g/mol. The van der Waals surface area contributed by atoms with Crippen LogP contribution in [0.25, 0.3) is 0 Å². The molecule has 1 fully saturated rings. The highest BCUT2D eigenvalue weighted by Crippen LogP contribution is 2.48. The van der Waals surface area contributed by atoms with E-state index in [0.29, 0.717) is 28.7 Å². The molecule has 1 amide bonds. The summed E-state index contributed by atoms with van der Waals surface area (Å²) >= 11 is 13.2. The Hall–Kier alpha value is -1.78. The molecule has 0 atom stereocenters. The maximum Gasteiger partial charge on any atom is 0.224 e. The fourth-order valence-corrected chi connectivity index (χ4v) is 4.49. The second-order valence-electron chi connectivity index (χ2n) is 8.22. The van der Waals surface area contributed by atoms with Crippen molar-refractivity contribution in [2.75, 3.05) is 16.8 Å². The van der Waals surface area contributed by atoms with Crippen molar-refractivity contribution in [3.8, 4) is 0 Å². The summed E-state index contributed by atoms with van der Waals surface area (Å²) in [5.41, 5.74) is 3.69. The molecule has 0 spiro atoms. The van der Waals surface area contributed by atoms with Crippen LogP contribution in [0.3, 0.4) is 0 Å². The lowest BCUT2D eigenvalue weighted by Crippen LogP contribution is -2.22. The maximum atomic E-state index is 13.2. The van der Waals surface area contributed by atoms with Crippen LogP contribution in [-0.4, -0.2) is 12.5 Å². The number of amides is 1. The van der Waals surface area contributed by atoms with Gasteiger partial charge in [-0.25, -0.2) is 4.39 Å². The molecule has 0 saturated heterocycles. The maximum absolute atomic E-state index is 13.2. The monoisotopic (exact) mass is 420 g/mol. The third-order valence-corrected chi connectivity index (χ3v) is 6.49. The number of carbonyl (C=O) groups is 1. The Kier molecular flexibility index (Phi) is 5.28. The molecule has 0 radical (unpaired) electrons. The van der Waals surface area contributed by atoms with Crippen molar-refractivity contribution in [2.45, 2.75) is 45.6 Å². The SMILES string of the molecule is CC1(CC(=O)Nc2c(Cl)cc3c(c2Cl)CCCN(c2ccc(F)cc2)C3)CC1. The quantitative estimate of drug-likeness (QED) is 0.636. The topological polar surface area (TPSA) is 32.3 Å². The standard InChI is InChI=1S/C22H23Cl2FN2O/c1-22(8-9-22)12-19(28)26-21-18(23)11-14-13-27(10-2-3-17(14)20(21)24)16-6-4-15(25)5-7-16/h4-7,11H,2-3,8-10,12-13H2,1H3,(H,26,28). The van der Waals surface area contributed by atoms with Gasteiger partial charge >= 0.3 is 0 Å². The van der Waals surface area contributed by atoms with E-state index in [1.165, 1.54) is 12.1 Å². The van der Waals surface area contributed by atoms with Crippen LogP contribution in [-0.2, 0) is 17.8 Å². The first-order chi connectivity index (χ1) is 13.3. The molecular formula is C22H23Cl2FN2O. The van der Waals surface area contributed by atoms with Gasteiger partial charge in [-0.05, 0) is 72.6 Å². The van der Waals surface area contributed by atoms with E-state index < -0.39 is 0 Å². The molecule has 1 heterocycles. The second-order valence-corrected chi connectivity index (χ2v) is 9.01. The number of hydrogen-bond donors (Lipinski definition) is 1. The molecular weight excluding hydrogens is 398 g/mol. The van der Waals surface area contributed by atoms with E-state index in [9.17, 15) is 9.18 Å². The minimum Gasteiger partial charge on any atom is -0.367 e. The molecule has 2 aliphatic rings. The van der Waals surface area contributed by atoms with E-state index in [2.05, 4.69) is 17.1 Å². The number of nitrogens with one attached hydrogen (secondary N) is 1. The van der Waals surface area contributed by atoms with Crippen molar-refractivity contribution >= 4 is 40.5 Å². The van der Waals surface area contributed by atoms with Gasteiger partial charge in [-0.15, -0.1) is 0 Å². The third kappa shape index (κ3) is 4.13. The fraction of sp³-hybridized carbons (Fsp3) is 0.409. The lowest BCUT2D eigenvalue weighted by atomic mass is 10.0. The molecule has 1 saturated carbocycles. The number of fused-ring (bicyclic) bond motifs is 1.